The van der Waals surface area contributed by atoms with Crippen LogP contribution in [-0.2, 0) is 9.05 Å². The molecule has 0 amide bonds. The highest BCUT2D eigenvalue weighted by atomic mass is 79.9. The van der Waals surface area contributed by atoms with Crippen molar-refractivity contribution in [3.05, 3.63) is 34.3 Å². The summed E-state index contributed by atoms with van der Waals surface area (Å²) in [5.74, 6) is 0.659. The van der Waals surface area contributed by atoms with Gasteiger partial charge in [-0.1, -0.05) is 36.4 Å². The van der Waals surface area contributed by atoms with E-state index in [9.17, 15) is 8.42 Å². The van der Waals surface area contributed by atoms with Gasteiger partial charge in [0.05, 0.1) is 4.90 Å². The molecule has 0 bridgehead atoms. The Hall–Kier alpha value is -0.520. The smallest absolute Gasteiger partial charge is 0.261 e. The van der Waals surface area contributed by atoms with Crippen LogP contribution < -0.4 is 4.74 Å². The van der Waals surface area contributed by atoms with Gasteiger partial charge in [-0.25, -0.2) is 8.42 Å². The fraction of sp³-hybridized carbons (Fsp3) is 0.385. The van der Waals surface area contributed by atoms with Crippen LogP contribution in [0.3, 0.4) is 0 Å². The van der Waals surface area contributed by atoms with Crippen LogP contribution in [0, 0.1) is 6.92 Å². The Morgan fingerprint density at radius 2 is 2.05 bits per heavy atom. The van der Waals surface area contributed by atoms with Crippen molar-refractivity contribution in [2.24, 2.45) is 0 Å². The van der Waals surface area contributed by atoms with Crippen molar-refractivity contribution in [3.8, 4) is 5.75 Å². The Labute approximate surface area is 127 Å². The molecule has 0 unspecified atom stereocenters. The van der Waals surface area contributed by atoms with Gasteiger partial charge in [-0.15, -0.1) is 0 Å². The Kier molecular flexibility index (Phi) is 5.47. The normalized spacial score (nSPS) is 11.7. The summed E-state index contributed by atoms with van der Waals surface area (Å²) in [5, 5.41) is 0. The van der Waals surface area contributed by atoms with Crippen LogP contribution in [0.15, 0.2) is 28.1 Å². The summed E-state index contributed by atoms with van der Waals surface area (Å²) in [4.78, 5) is 0.145. The lowest BCUT2D eigenvalue weighted by molar-refractivity contribution is 0.357. The number of hydrogen-bond acceptors (Lipinski definition) is 3. The molecule has 6 heteroatoms. The van der Waals surface area contributed by atoms with Gasteiger partial charge in [-0.05, 0) is 36.1 Å². The maximum absolute atomic E-state index is 11.6. The predicted molar refractivity (Wildman–Crippen MR) is 81.9 cm³/mol. The molecule has 0 spiro atoms. The molecule has 0 aliphatic carbocycles. The monoisotopic (exact) mass is 366 g/mol. The van der Waals surface area contributed by atoms with E-state index in [1.54, 1.807) is 19.1 Å². The zero-order valence-corrected chi connectivity index (χ0v) is 14.2. The van der Waals surface area contributed by atoms with Gasteiger partial charge >= 0.3 is 0 Å². The van der Waals surface area contributed by atoms with Gasteiger partial charge in [0, 0.05) is 15.2 Å². The highest BCUT2D eigenvalue weighted by molar-refractivity contribution is 9.11. The zero-order valence-electron chi connectivity index (χ0n) is 11.0. The van der Waals surface area contributed by atoms with E-state index in [-0.39, 0.29) is 10.8 Å². The maximum atomic E-state index is 11.6. The topological polar surface area (TPSA) is 43.4 Å². The summed E-state index contributed by atoms with van der Waals surface area (Å²) in [6, 6.07) is 3.27. The fourth-order valence-corrected chi connectivity index (χ4v) is 3.06. The Balaban J connectivity index is 3.33. The number of halogens is 2. The highest BCUT2D eigenvalue weighted by Crippen LogP contribution is 2.33. The molecule has 0 heterocycles. The van der Waals surface area contributed by atoms with Gasteiger partial charge in [0.15, 0.2) is 0 Å². The van der Waals surface area contributed by atoms with Crippen LogP contribution in [0.2, 0.25) is 0 Å². The zero-order chi connectivity index (χ0) is 14.8. The van der Waals surface area contributed by atoms with E-state index in [0.717, 1.165) is 5.56 Å². The van der Waals surface area contributed by atoms with Crippen molar-refractivity contribution in [2.75, 3.05) is 6.61 Å². The van der Waals surface area contributed by atoms with Gasteiger partial charge in [0.1, 0.15) is 12.4 Å². The van der Waals surface area contributed by atoms with Gasteiger partial charge in [0.2, 0.25) is 0 Å². The maximum Gasteiger partial charge on any atom is 0.261 e. The van der Waals surface area contributed by atoms with Gasteiger partial charge in [-0.3, -0.25) is 0 Å². The van der Waals surface area contributed by atoms with Crippen LogP contribution in [-0.4, -0.2) is 15.0 Å². The van der Waals surface area contributed by atoms with E-state index in [1.165, 1.54) is 0 Å². The fourth-order valence-electron chi connectivity index (χ4n) is 1.65. The molecule has 106 valence electrons. The second-order valence-electron chi connectivity index (χ2n) is 4.55. The summed E-state index contributed by atoms with van der Waals surface area (Å²) in [6.07, 6.45) is 0. The number of benzene rings is 1. The average Bonchev–Trinajstić information content (AvgIpc) is 2.25. The van der Waals surface area contributed by atoms with Crippen LogP contribution in [0.1, 0.15) is 30.9 Å². The summed E-state index contributed by atoms with van der Waals surface area (Å²) in [6.45, 7) is 9.61. The molecule has 0 saturated carbocycles. The van der Waals surface area contributed by atoms with Crippen molar-refractivity contribution >= 4 is 35.7 Å². The van der Waals surface area contributed by atoms with Crippen LogP contribution in [0.25, 0.3) is 0 Å². The summed E-state index contributed by atoms with van der Waals surface area (Å²) < 4.78 is 29.5. The Morgan fingerprint density at radius 1 is 1.47 bits per heavy atom. The molecule has 1 aromatic rings. The number of ether oxygens (including phenoxy) is 1. The van der Waals surface area contributed by atoms with E-state index >= 15 is 0 Å². The third-order valence-corrected chi connectivity index (χ3v) is 4.18. The molecule has 19 heavy (non-hydrogen) atoms. The molecule has 0 atom stereocenters. The molecular weight excluding hydrogens is 352 g/mol. The molecular formula is C13H16BrClO3S. The minimum Gasteiger partial charge on any atom is -0.488 e. The second kappa shape index (κ2) is 6.29. The van der Waals surface area contributed by atoms with Gasteiger partial charge in [0.25, 0.3) is 9.05 Å². The first-order chi connectivity index (χ1) is 8.62. The third-order valence-electron chi connectivity index (χ3n) is 2.58. The SMILES string of the molecule is C=C(Br)COc1cc(C(C)C)c(S(=O)(=O)Cl)cc1C. The molecule has 3 nitrogen and oxygen atoms in total. The van der Waals surface area contributed by atoms with E-state index < -0.39 is 9.05 Å². The molecule has 0 N–H and O–H groups in total. The summed E-state index contributed by atoms with van der Waals surface area (Å²) >= 11 is 3.21. The van der Waals surface area contributed by atoms with Crippen LogP contribution in [0.5, 0.6) is 5.75 Å². The molecule has 1 rings (SSSR count). The quantitative estimate of drug-likeness (QED) is 0.727. The van der Waals surface area contributed by atoms with Crippen molar-refractivity contribution in [1.82, 2.24) is 0 Å². The number of hydrogen-bond donors (Lipinski definition) is 0. The summed E-state index contributed by atoms with van der Waals surface area (Å²) in [7, 11) is 1.71. The largest absolute Gasteiger partial charge is 0.488 e. The van der Waals surface area contributed by atoms with Crippen molar-refractivity contribution in [1.29, 1.82) is 0 Å². The first-order valence-electron chi connectivity index (χ1n) is 5.68. The van der Waals surface area contributed by atoms with Gasteiger partial charge in [-0.2, -0.15) is 0 Å². The third kappa shape index (κ3) is 4.51. The Bertz CT molecular complexity index is 594. The molecule has 1 aromatic carbocycles. The Morgan fingerprint density at radius 3 is 2.47 bits per heavy atom. The van der Waals surface area contributed by atoms with E-state index in [0.29, 0.717) is 22.4 Å². The van der Waals surface area contributed by atoms with Crippen molar-refractivity contribution < 1.29 is 13.2 Å². The molecule has 0 aromatic heterocycles. The second-order valence-corrected chi connectivity index (χ2v) is 8.21. The lowest BCUT2D eigenvalue weighted by Gasteiger charge is -2.15. The lowest BCUT2D eigenvalue weighted by Crippen LogP contribution is -2.04. The van der Waals surface area contributed by atoms with E-state index in [2.05, 4.69) is 22.5 Å². The van der Waals surface area contributed by atoms with Crippen molar-refractivity contribution in [3.63, 3.8) is 0 Å². The predicted octanol–water partition coefficient (Wildman–Crippen LogP) is 4.33. The van der Waals surface area contributed by atoms with E-state index in [1.807, 2.05) is 13.8 Å². The summed E-state index contributed by atoms with van der Waals surface area (Å²) in [5.41, 5.74) is 1.37. The minimum absolute atomic E-state index is 0.0265. The molecule has 0 aliphatic heterocycles. The molecule has 0 saturated heterocycles. The van der Waals surface area contributed by atoms with Crippen LogP contribution >= 0.6 is 26.6 Å². The molecule has 0 fully saturated rings. The molecule has 0 radical (unpaired) electrons. The first kappa shape index (κ1) is 16.5. The van der Waals surface area contributed by atoms with E-state index in [4.69, 9.17) is 15.4 Å². The number of aryl methyl sites for hydroxylation is 1. The van der Waals surface area contributed by atoms with Gasteiger partial charge < -0.3 is 4.74 Å². The number of rotatable bonds is 5. The molecule has 0 aliphatic rings. The lowest BCUT2D eigenvalue weighted by atomic mass is 10.0. The minimum atomic E-state index is -3.76. The first-order valence-corrected chi connectivity index (χ1v) is 8.78. The van der Waals surface area contributed by atoms with Crippen LogP contribution in [0.4, 0.5) is 0 Å². The standard InChI is InChI=1S/C13H16BrClO3S/c1-8(2)11-6-12(18-7-10(4)14)9(3)5-13(11)19(15,16)17/h5-6,8H,4,7H2,1-3H3. The van der Waals surface area contributed by atoms with Crippen molar-refractivity contribution in [2.45, 2.75) is 31.6 Å². The average molecular weight is 368 g/mol. The highest BCUT2D eigenvalue weighted by Gasteiger charge is 2.20.